The molecule has 24 heavy (non-hydrogen) atoms. The number of rotatable bonds is 4. The van der Waals surface area contributed by atoms with Crippen molar-refractivity contribution in [3.05, 3.63) is 89.5 Å². The second kappa shape index (κ2) is 6.28. The molecule has 0 saturated carbocycles. The summed E-state index contributed by atoms with van der Waals surface area (Å²) in [6, 6.07) is 21.5. The molecule has 3 nitrogen and oxygen atoms in total. The highest BCUT2D eigenvalue weighted by molar-refractivity contribution is 5.45. The number of phenols is 3. The van der Waals surface area contributed by atoms with E-state index in [2.05, 4.69) is 6.92 Å². The summed E-state index contributed by atoms with van der Waals surface area (Å²) in [5.74, 6) is 0.631. The quantitative estimate of drug-likeness (QED) is 0.669. The number of hydrogen-bond donors (Lipinski definition) is 3. The van der Waals surface area contributed by atoms with E-state index < -0.39 is 5.41 Å². The summed E-state index contributed by atoms with van der Waals surface area (Å²) in [6.07, 6.45) is 0.619. The predicted molar refractivity (Wildman–Crippen MR) is 94.5 cm³/mol. The molecule has 3 rings (SSSR count). The molecule has 3 aromatic rings. The fourth-order valence-electron chi connectivity index (χ4n) is 3.14. The topological polar surface area (TPSA) is 60.7 Å². The maximum absolute atomic E-state index is 9.90. The molecule has 0 bridgehead atoms. The van der Waals surface area contributed by atoms with Crippen molar-refractivity contribution in [2.24, 2.45) is 0 Å². The van der Waals surface area contributed by atoms with Gasteiger partial charge in [0.2, 0.25) is 0 Å². The first kappa shape index (κ1) is 15.9. The highest BCUT2D eigenvalue weighted by Gasteiger charge is 2.30. The van der Waals surface area contributed by atoms with Gasteiger partial charge in [0.1, 0.15) is 17.2 Å². The average Bonchev–Trinajstić information content (AvgIpc) is 2.55. The molecule has 0 saturated heterocycles. The molecule has 0 amide bonds. The predicted octanol–water partition coefficient (Wildman–Crippen LogP) is 4.35. The van der Waals surface area contributed by atoms with Gasteiger partial charge in [-0.05, 0) is 59.5 Å². The molecule has 0 fully saturated rings. The first-order chi connectivity index (χ1) is 11.5. The van der Waals surface area contributed by atoms with Crippen molar-refractivity contribution < 1.29 is 15.3 Å². The second-order valence-electron chi connectivity index (χ2n) is 6.28. The first-order valence-corrected chi connectivity index (χ1v) is 7.84. The Morgan fingerprint density at radius 3 is 1.58 bits per heavy atom. The van der Waals surface area contributed by atoms with E-state index >= 15 is 0 Å². The third kappa shape index (κ3) is 3.20. The molecule has 122 valence electrons. The van der Waals surface area contributed by atoms with E-state index in [4.69, 9.17) is 0 Å². The van der Waals surface area contributed by atoms with Crippen molar-refractivity contribution in [1.29, 1.82) is 0 Å². The lowest BCUT2D eigenvalue weighted by Gasteiger charge is -2.31. The van der Waals surface area contributed by atoms with Crippen molar-refractivity contribution in [1.82, 2.24) is 0 Å². The fourth-order valence-corrected chi connectivity index (χ4v) is 3.14. The Bertz CT molecular complexity index is 809. The minimum absolute atomic E-state index is 0.204. The van der Waals surface area contributed by atoms with E-state index in [9.17, 15) is 15.3 Å². The van der Waals surface area contributed by atoms with Crippen molar-refractivity contribution in [2.75, 3.05) is 0 Å². The molecule has 0 aliphatic rings. The Kier molecular flexibility index (Phi) is 4.17. The Morgan fingerprint density at radius 1 is 0.667 bits per heavy atom. The van der Waals surface area contributed by atoms with Crippen LogP contribution in [0.15, 0.2) is 72.8 Å². The number of phenolic OH excluding ortho intramolecular Hbond substituents is 3. The fraction of sp³-hybridized carbons (Fsp3) is 0.143. The van der Waals surface area contributed by atoms with Crippen LogP contribution in [0.2, 0.25) is 0 Å². The molecule has 3 N–H and O–H groups in total. The molecular formula is C21H20O3. The summed E-state index contributed by atoms with van der Waals surface area (Å²) in [5, 5.41) is 29.6. The summed E-state index contributed by atoms with van der Waals surface area (Å²) >= 11 is 0. The van der Waals surface area contributed by atoms with Gasteiger partial charge in [-0.15, -0.1) is 0 Å². The molecule has 0 heterocycles. The maximum Gasteiger partial charge on any atom is 0.115 e. The van der Waals surface area contributed by atoms with Crippen LogP contribution in [0.4, 0.5) is 0 Å². The van der Waals surface area contributed by atoms with E-state index in [0.717, 1.165) is 16.7 Å². The van der Waals surface area contributed by atoms with Gasteiger partial charge >= 0.3 is 0 Å². The van der Waals surface area contributed by atoms with Crippen LogP contribution in [0.3, 0.4) is 0 Å². The van der Waals surface area contributed by atoms with Crippen LogP contribution in [0.1, 0.15) is 23.6 Å². The van der Waals surface area contributed by atoms with Crippen LogP contribution >= 0.6 is 0 Å². The van der Waals surface area contributed by atoms with Crippen LogP contribution in [0.5, 0.6) is 17.2 Å². The van der Waals surface area contributed by atoms with Gasteiger partial charge in [0.15, 0.2) is 0 Å². The lowest BCUT2D eigenvalue weighted by Crippen LogP contribution is -2.26. The lowest BCUT2D eigenvalue weighted by molar-refractivity contribution is 0.464. The zero-order valence-corrected chi connectivity index (χ0v) is 13.5. The molecule has 0 atom stereocenters. The van der Waals surface area contributed by atoms with Gasteiger partial charge in [0.25, 0.3) is 0 Å². The minimum atomic E-state index is -0.467. The Balaban J connectivity index is 2.13. The Morgan fingerprint density at radius 2 is 1.12 bits per heavy atom. The smallest absolute Gasteiger partial charge is 0.115 e. The zero-order valence-electron chi connectivity index (χ0n) is 13.5. The lowest BCUT2D eigenvalue weighted by atomic mass is 9.72. The Labute approximate surface area is 141 Å². The van der Waals surface area contributed by atoms with Crippen molar-refractivity contribution in [2.45, 2.75) is 18.8 Å². The SMILES string of the molecule is CC(Cc1cccc(O)c1)(c1cccc(O)c1)c1cccc(O)c1. The molecule has 0 spiro atoms. The molecule has 3 aromatic carbocycles. The first-order valence-electron chi connectivity index (χ1n) is 7.84. The highest BCUT2D eigenvalue weighted by atomic mass is 16.3. The molecule has 0 aliphatic heterocycles. The molecule has 0 radical (unpaired) electrons. The molecule has 0 unspecified atom stereocenters. The van der Waals surface area contributed by atoms with Gasteiger partial charge in [-0.2, -0.15) is 0 Å². The third-order valence-electron chi connectivity index (χ3n) is 4.43. The van der Waals surface area contributed by atoms with E-state index in [1.807, 2.05) is 36.4 Å². The summed E-state index contributed by atoms with van der Waals surface area (Å²) in [5.41, 5.74) is 2.39. The van der Waals surface area contributed by atoms with Crippen LogP contribution < -0.4 is 0 Å². The zero-order chi connectivity index (χ0) is 17.2. The van der Waals surface area contributed by atoms with Gasteiger partial charge in [0, 0.05) is 5.41 Å². The van der Waals surface area contributed by atoms with Gasteiger partial charge in [-0.1, -0.05) is 43.3 Å². The molecule has 3 heteroatoms. The average molecular weight is 320 g/mol. The molecular weight excluding hydrogens is 300 g/mol. The van der Waals surface area contributed by atoms with E-state index in [0.29, 0.717) is 6.42 Å². The standard InChI is InChI=1S/C21H20O3/c1-21(16-6-3-9-19(23)12-16,17-7-4-10-20(24)13-17)14-15-5-2-8-18(22)11-15/h2-13,22-24H,14H2,1H3. The van der Waals surface area contributed by atoms with E-state index in [-0.39, 0.29) is 17.2 Å². The van der Waals surface area contributed by atoms with Crippen molar-refractivity contribution in [3.63, 3.8) is 0 Å². The summed E-state index contributed by atoms with van der Waals surface area (Å²) in [4.78, 5) is 0. The van der Waals surface area contributed by atoms with Gasteiger partial charge in [0.05, 0.1) is 0 Å². The van der Waals surface area contributed by atoms with Gasteiger partial charge in [-0.25, -0.2) is 0 Å². The van der Waals surface area contributed by atoms with Crippen LogP contribution in [-0.4, -0.2) is 15.3 Å². The van der Waals surface area contributed by atoms with Crippen molar-refractivity contribution in [3.8, 4) is 17.2 Å². The summed E-state index contributed by atoms with van der Waals surface area (Å²) in [7, 11) is 0. The van der Waals surface area contributed by atoms with Gasteiger partial charge < -0.3 is 15.3 Å². The highest BCUT2D eigenvalue weighted by Crippen LogP contribution is 2.38. The van der Waals surface area contributed by atoms with Crippen LogP contribution in [0, 0.1) is 0 Å². The third-order valence-corrected chi connectivity index (χ3v) is 4.43. The summed E-state index contributed by atoms with van der Waals surface area (Å²) < 4.78 is 0. The largest absolute Gasteiger partial charge is 0.508 e. The minimum Gasteiger partial charge on any atom is -0.508 e. The van der Waals surface area contributed by atoms with Crippen molar-refractivity contribution >= 4 is 0 Å². The number of benzene rings is 3. The van der Waals surface area contributed by atoms with Crippen LogP contribution in [0.25, 0.3) is 0 Å². The molecule has 0 aliphatic carbocycles. The van der Waals surface area contributed by atoms with E-state index in [1.54, 1.807) is 36.4 Å². The van der Waals surface area contributed by atoms with E-state index in [1.165, 1.54) is 0 Å². The maximum atomic E-state index is 9.90. The molecule has 0 aromatic heterocycles. The second-order valence-corrected chi connectivity index (χ2v) is 6.28. The monoisotopic (exact) mass is 320 g/mol. The number of hydrogen-bond acceptors (Lipinski definition) is 3. The van der Waals surface area contributed by atoms with Crippen LogP contribution in [-0.2, 0) is 11.8 Å². The Hall–Kier alpha value is -2.94. The summed E-state index contributed by atoms with van der Waals surface area (Å²) in [6.45, 7) is 2.07. The normalized spacial score (nSPS) is 11.4. The number of aromatic hydroxyl groups is 3. The van der Waals surface area contributed by atoms with Gasteiger partial charge in [-0.3, -0.25) is 0 Å².